The molecule has 0 aromatic heterocycles. The maximum atomic E-state index is 12.3. The average molecular weight is 322 g/mol. The minimum atomic E-state index is -0.231. The average Bonchev–Trinajstić information content (AvgIpc) is 2.42. The summed E-state index contributed by atoms with van der Waals surface area (Å²) in [5.74, 6) is -0.231. The summed E-state index contributed by atoms with van der Waals surface area (Å²) in [6, 6.07) is 12.6. The summed E-state index contributed by atoms with van der Waals surface area (Å²) in [6.07, 6.45) is 0. The third-order valence-electron chi connectivity index (χ3n) is 3.21. The zero-order valence-corrected chi connectivity index (χ0v) is 13.7. The van der Waals surface area contributed by atoms with Gasteiger partial charge < -0.3 is 5.32 Å². The van der Waals surface area contributed by atoms with Crippen molar-refractivity contribution in [3.8, 4) is 0 Å². The first-order chi connectivity index (χ1) is 9.79. The van der Waals surface area contributed by atoms with Crippen LogP contribution < -0.4 is 5.32 Å². The van der Waals surface area contributed by atoms with Crippen LogP contribution in [0.15, 0.2) is 42.5 Å². The van der Waals surface area contributed by atoms with Crippen molar-refractivity contribution < 1.29 is 4.79 Å². The van der Waals surface area contributed by atoms with Gasteiger partial charge in [-0.25, -0.2) is 0 Å². The van der Waals surface area contributed by atoms with Gasteiger partial charge in [-0.2, -0.15) is 0 Å². The Kier molecular flexibility index (Phi) is 4.60. The molecular formula is C17H17Cl2NO. The van der Waals surface area contributed by atoms with E-state index in [-0.39, 0.29) is 11.3 Å². The largest absolute Gasteiger partial charge is 0.319 e. The van der Waals surface area contributed by atoms with Crippen LogP contribution in [0.2, 0.25) is 10.0 Å². The second kappa shape index (κ2) is 6.08. The Bertz CT molecular complexity index is 637. The fourth-order valence-corrected chi connectivity index (χ4v) is 2.42. The van der Waals surface area contributed by atoms with Gasteiger partial charge in [-0.15, -0.1) is 0 Å². The minimum Gasteiger partial charge on any atom is -0.319 e. The second-order valence-electron chi connectivity index (χ2n) is 5.88. The zero-order valence-electron chi connectivity index (χ0n) is 12.2. The molecule has 0 spiro atoms. The van der Waals surface area contributed by atoms with E-state index >= 15 is 0 Å². The molecule has 21 heavy (non-hydrogen) atoms. The Balaban J connectivity index is 2.21. The lowest BCUT2D eigenvalue weighted by Crippen LogP contribution is -2.14. The van der Waals surface area contributed by atoms with Gasteiger partial charge in [-0.3, -0.25) is 4.79 Å². The molecule has 2 aromatic rings. The monoisotopic (exact) mass is 321 g/mol. The third-order valence-corrected chi connectivity index (χ3v) is 3.84. The van der Waals surface area contributed by atoms with Crippen LogP contribution in [0.5, 0.6) is 0 Å². The molecule has 0 unspecified atom stereocenters. The lowest BCUT2D eigenvalue weighted by Gasteiger charge is -2.19. The van der Waals surface area contributed by atoms with Crippen LogP contribution >= 0.6 is 23.2 Å². The second-order valence-corrected chi connectivity index (χ2v) is 6.69. The number of carbonyl (C=O) groups excluding carboxylic acids is 1. The molecule has 1 N–H and O–H groups in total. The first-order valence-corrected chi connectivity index (χ1v) is 7.40. The molecule has 1 amide bonds. The van der Waals surface area contributed by atoms with Gasteiger partial charge in [-0.1, -0.05) is 62.2 Å². The third kappa shape index (κ3) is 3.78. The maximum Gasteiger partial charge on any atom is 0.255 e. The van der Waals surface area contributed by atoms with Crippen LogP contribution in [-0.2, 0) is 5.41 Å². The molecule has 4 heteroatoms. The molecule has 0 saturated carbocycles. The van der Waals surface area contributed by atoms with Gasteiger partial charge in [0.15, 0.2) is 0 Å². The van der Waals surface area contributed by atoms with Crippen molar-refractivity contribution in [1.82, 2.24) is 0 Å². The van der Waals surface area contributed by atoms with Crippen LogP contribution in [0.3, 0.4) is 0 Å². The molecule has 0 bridgehead atoms. The van der Waals surface area contributed by atoms with Crippen molar-refractivity contribution in [2.24, 2.45) is 0 Å². The van der Waals surface area contributed by atoms with Gasteiger partial charge in [0.2, 0.25) is 0 Å². The van der Waals surface area contributed by atoms with Crippen molar-refractivity contribution in [3.05, 3.63) is 63.6 Å². The Morgan fingerprint density at radius 3 is 1.95 bits per heavy atom. The predicted octanol–water partition coefficient (Wildman–Crippen LogP) is 5.54. The molecule has 0 aliphatic carbocycles. The quantitative estimate of drug-likeness (QED) is 0.772. The number of hydrogen-bond donors (Lipinski definition) is 1. The molecule has 0 aliphatic rings. The van der Waals surface area contributed by atoms with E-state index < -0.39 is 0 Å². The fraction of sp³-hybridized carbons (Fsp3) is 0.235. The molecule has 0 radical (unpaired) electrons. The number of hydrogen-bond acceptors (Lipinski definition) is 1. The number of anilines is 1. The Hall–Kier alpha value is -1.51. The van der Waals surface area contributed by atoms with Crippen LogP contribution in [-0.4, -0.2) is 5.91 Å². The smallest absolute Gasteiger partial charge is 0.255 e. The predicted molar refractivity (Wildman–Crippen MR) is 89.6 cm³/mol. The summed E-state index contributed by atoms with van der Waals surface area (Å²) >= 11 is 12.1. The molecular weight excluding hydrogens is 305 g/mol. The number of amides is 1. The Labute approximate surface area is 135 Å². The van der Waals surface area contributed by atoms with Crippen molar-refractivity contribution in [3.63, 3.8) is 0 Å². The Morgan fingerprint density at radius 1 is 0.952 bits per heavy atom. The molecule has 110 valence electrons. The summed E-state index contributed by atoms with van der Waals surface area (Å²) in [7, 11) is 0. The van der Waals surface area contributed by atoms with E-state index in [1.54, 1.807) is 30.3 Å². The van der Waals surface area contributed by atoms with Crippen molar-refractivity contribution >= 4 is 34.8 Å². The van der Waals surface area contributed by atoms with Gasteiger partial charge >= 0.3 is 0 Å². The lowest BCUT2D eigenvalue weighted by molar-refractivity contribution is 0.102. The summed E-state index contributed by atoms with van der Waals surface area (Å²) in [5.41, 5.74) is 2.24. The van der Waals surface area contributed by atoms with Gasteiger partial charge in [0.25, 0.3) is 5.91 Å². The van der Waals surface area contributed by atoms with Crippen LogP contribution in [0.1, 0.15) is 36.7 Å². The highest BCUT2D eigenvalue weighted by Gasteiger charge is 2.15. The highest BCUT2D eigenvalue weighted by molar-refractivity contribution is 6.40. The standard InChI is InChI=1S/C17H17Cl2NO/c1-17(2,3)12-9-7-11(8-10-12)16(21)20-15-13(18)5-4-6-14(15)19/h4-10H,1-3H3,(H,20,21). The van der Waals surface area contributed by atoms with E-state index in [0.29, 0.717) is 21.3 Å². The molecule has 2 aromatic carbocycles. The molecule has 0 saturated heterocycles. The first kappa shape index (κ1) is 15.9. The summed E-state index contributed by atoms with van der Waals surface area (Å²) in [6.45, 7) is 6.39. The molecule has 0 heterocycles. The lowest BCUT2D eigenvalue weighted by atomic mass is 9.87. The highest BCUT2D eigenvalue weighted by Crippen LogP contribution is 2.30. The van der Waals surface area contributed by atoms with Gasteiger partial charge in [-0.05, 0) is 35.2 Å². The van der Waals surface area contributed by atoms with Gasteiger partial charge in [0.05, 0.1) is 15.7 Å². The van der Waals surface area contributed by atoms with E-state index in [2.05, 4.69) is 26.1 Å². The molecule has 0 atom stereocenters. The number of nitrogens with one attached hydrogen (secondary N) is 1. The topological polar surface area (TPSA) is 29.1 Å². The van der Waals surface area contributed by atoms with Crippen LogP contribution in [0.4, 0.5) is 5.69 Å². The van der Waals surface area contributed by atoms with Crippen molar-refractivity contribution in [2.75, 3.05) is 5.32 Å². The summed E-state index contributed by atoms with van der Waals surface area (Å²) in [5, 5.41) is 3.59. The van der Waals surface area contributed by atoms with Crippen molar-refractivity contribution in [1.29, 1.82) is 0 Å². The number of benzene rings is 2. The molecule has 2 rings (SSSR count). The van der Waals surface area contributed by atoms with E-state index in [1.165, 1.54) is 5.56 Å². The minimum absolute atomic E-state index is 0.0566. The number of para-hydroxylation sites is 1. The number of halogens is 2. The molecule has 2 nitrogen and oxygen atoms in total. The molecule has 0 aliphatic heterocycles. The van der Waals surface area contributed by atoms with E-state index in [1.807, 2.05) is 12.1 Å². The SMILES string of the molecule is CC(C)(C)c1ccc(C(=O)Nc2c(Cl)cccc2Cl)cc1. The normalized spacial score (nSPS) is 11.3. The van der Waals surface area contributed by atoms with Gasteiger partial charge in [0, 0.05) is 5.56 Å². The van der Waals surface area contributed by atoms with Crippen molar-refractivity contribution in [2.45, 2.75) is 26.2 Å². The number of rotatable bonds is 2. The highest BCUT2D eigenvalue weighted by atomic mass is 35.5. The van der Waals surface area contributed by atoms with E-state index in [4.69, 9.17) is 23.2 Å². The Morgan fingerprint density at radius 2 is 1.48 bits per heavy atom. The maximum absolute atomic E-state index is 12.3. The fourth-order valence-electron chi connectivity index (χ4n) is 1.92. The van der Waals surface area contributed by atoms with Crippen LogP contribution in [0, 0.1) is 0 Å². The first-order valence-electron chi connectivity index (χ1n) is 6.65. The van der Waals surface area contributed by atoms with E-state index in [0.717, 1.165) is 0 Å². The zero-order chi connectivity index (χ0) is 15.6. The molecule has 0 fully saturated rings. The summed E-state index contributed by atoms with van der Waals surface area (Å²) < 4.78 is 0. The van der Waals surface area contributed by atoms with Gasteiger partial charge in [0.1, 0.15) is 0 Å². The van der Waals surface area contributed by atoms with Crippen LogP contribution in [0.25, 0.3) is 0 Å². The van der Waals surface area contributed by atoms with E-state index in [9.17, 15) is 4.79 Å². The number of carbonyl (C=O) groups is 1. The summed E-state index contributed by atoms with van der Waals surface area (Å²) in [4.78, 5) is 12.3.